The fraction of sp³-hybridized carbons (Fsp3) is 0.375. The number of hydrogen-bond donors (Lipinski definition) is 3. The number of nitrogens with zero attached hydrogens (tertiary/aromatic N) is 5. The molecule has 0 saturated carbocycles. The molecule has 3 heterocycles. The van der Waals surface area contributed by atoms with Gasteiger partial charge in [-0.3, -0.25) is 40.0 Å². The van der Waals surface area contributed by atoms with Crippen LogP contribution in [0.2, 0.25) is 0 Å². The van der Waals surface area contributed by atoms with Crippen molar-refractivity contribution in [1.29, 1.82) is 0 Å². The van der Waals surface area contributed by atoms with Crippen LogP contribution in [0.15, 0.2) is 64.8 Å². The normalized spacial score (nSPS) is 21.8. The molecule has 5 rings (SSSR count). The van der Waals surface area contributed by atoms with E-state index in [2.05, 4.69) is 10.3 Å². The van der Waals surface area contributed by atoms with Crippen LogP contribution in [0.5, 0.6) is 0 Å². The highest BCUT2D eigenvalue weighted by Crippen LogP contribution is 2.47. The molecular formula is C32H33N7O14S. The molecule has 2 aromatic carbocycles. The van der Waals surface area contributed by atoms with Gasteiger partial charge >= 0.3 is 24.0 Å². The standard InChI is InChI=1S/C32H33N7O14S/c1-16-23(26(37-25(16)24(17(2)40)27(37)41)30(44)52-28(42)18-4-8-21(9-5-18)38(46)47)15-36-13-12-20(14-36)33-31(35-54(3,50)51)34-32(45)53-29(43)19-6-10-22(11-7-19)39(48)49/h4-11,16-17,20,24-25,40H,12-15H2,1-3H3,(H2,33,34,35,45)/t16-,17+,20-,24?,25+/m0/s1. The Kier molecular flexibility index (Phi) is 11.2. The number of β-lactam (4-membered cyclic amide) rings is 1. The number of nitrogens with one attached hydrogen (secondary N) is 2. The van der Waals surface area contributed by atoms with Crippen molar-refractivity contribution in [1.82, 2.24) is 19.8 Å². The summed E-state index contributed by atoms with van der Waals surface area (Å²) < 4.78 is 36.0. The van der Waals surface area contributed by atoms with Crippen molar-refractivity contribution >= 4 is 57.3 Å². The van der Waals surface area contributed by atoms with Crippen LogP contribution >= 0.6 is 0 Å². The molecule has 2 aromatic rings. The lowest BCUT2D eigenvalue weighted by Gasteiger charge is -2.46. The van der Waals surface area contributed by atoms with E-state index in [4.69, 9.17) is 9.47 Å². The van der Waals surface area contributed by atoms with Crippen molar-refractivity contribution in [3.8, 4) is 0 Å². The Morgan fingerprint density at radius 2 is 1.50 bits per heavy atom. The third-order valence-electron chi connectivity index (χ3n) is 8.96. The van der Waals surface area contributed by atoms with Gasteiger partial charge in [0.1, 0.15) is 5.70 Å². The van der Waals surface area contributed by atoms with Gasteiger partial charge in [0, 0.05) is 49.8 Å². The first-order valence-electron chi connectivity index (χ1n) is 16.1. The second kappa shape index (κ2) is 15.5. The summed E-state index contributed by atoms with van der Waals surface area (Å²) in [6.07, 6.45) is -1.34. The number of alkyl carbamates (subject to hydrolysis) is 1. The smallest absolute Gasteiger partial charge is 0.393 e. The number of carbonyl (C=O) groups excluding carboxylic acids is 5. The van der Waals surface area contributed by atoms with E-state index in [0.717, 1.165) is 54.8 Å². The minimum Gasteiger partial charge on any atom is -0.393 e. The number of amides is 2. The molecule has 0 aliphatic carbocycles. The van der Waals surface area contributed by atoms with Crippen LogP contribution in [0, 0.1) is 32.1 Å². The summed E-state index contributed by atoms with van der Waals surface area (Å²) in [6, 6.07) is 7.28. The van der Waals surface area contributed by atoms with Crippen LogP contribution in [0.1, 0.15) is 41.0 Å². The first kappa shape index (κ1) is 39.1. The summed E-state index contributed by atoms with van der Waals surface area (Å²) in [7, 11) is -4.01. The second-order valence-corrected chi connectivity index (χ2v) is 14.5. The number of hydrogen-bond acceptors (Lipinski definition) is 16. The highest BCUT2D eigenvalue weighted by atomic mass is 32.2. The number of esters is 3. The molecule has 3 aliphatic heterocycles. The molecule has 1 unspecified atom stereocenters. The Balaban J connectivity index is 1.31. The Hall–Kier alpha value is -6.13. The molecular weight excluding hydrogens is 738 g/mol. The summed E-state index contributed by atoms with van der Waals surface area (Å²) in [5, 5.41) is 34.2. The number of ether oxygens (including phenoxy) is 2. The summed E-state index contributed by atoms with van der Waals surface area (Å²) in [5.41, 5.74) is -0.703. The monoisotopic (exact) mass is 771 g/mol. The lowest BCUT2D eigenvalue weighted by atomic mass is 9.77. The van der Waals surface area contributed by atoms with E-state index in [0.29, 0.717) is 18.5 Å². The maximum atomic E-state index is 13.5. The fourth-order valence-electron chi connectivity index (χ4n) is 6.48. The van der Waals surface area contributed by atoms with Crippen molar-refractivity contribution in [2.24, 2.45) is 16.8 Å². The predicted octanol–water partition coefficient (Wildman–Crippen LogP) is 0.844. The van der Waals surface area contributed by atoms with Gasteiger partial charge < -0.3 is 19.5 Å². The van der Waals surface area contributed by atoms with Crippen LogP contribution in [0.3, 0.4) is 0 Å². The fourth-order valence-corrected chi connectivity index (χ4v) is 6.94. The number of sulfonamides is 1. The molecule has 3 N–H and O–H groups in total. The SMILES string of the molecule is C[C@@H](O)C1C(=O)N2C(C(=O)OC(=O)c3ccc([N+](=O)[O-])cc3)=C(CN3CC[C@H](N=C(NC(=O)OC(=O)c4ccc([N+](=O)[O-])cc4)NS(C)(=O)=O)C3)[C@H](C)[C@H]12. The van der Waals surface area contributed by atoms with Gasteiger partial charge in [0.25, 0.3) is 11.4 Å². The van der Waals surface area contributed by atoms with E-state index in [9.17, 15) is 57.7 Å². The van der Waals surface area contributed by atoms with Gasteiger partial charge in [0.15, 0.2) is 0 Å². The van der Waals surface area contributed by atoms with E-state index in [1.165, 1.54) is 11.8 Å². The highest BCUT2D eigenvalue weighted by molar-refractivity contribution is 7.89. The van der Waals surface area contributed by atoms with Crippen LogP contribution in [-0.2, 0) is 29.1 Å². The first-order chi connectivity index (χ1) is 25.3. The quantitative estimate of drug-likeness (QED) is 0.0574. The Morgan fingerprint density at radius 3 is 2.00 bits per heavy atom. The van der Waals surface area contributed by atoms with Gasteiger partial charge in [-0.2, -0.15) is 0 Å². The largest absolute Gasteiger partial charge is 0.421 e. The van der Waals surface area contributed by atoms with Crippen molar-refractivity contribution in [3.05, 3.63) is 91.2 Å². The molecule has 2 amide bonds. The van der Waals surface area contributed by atoms with Gasteiger partial charge in [-0.15, -0.1) is 0 Å². The first-order valence-corrected chi connectivity index (χ1v) is 18.0. The van der Waals surface area contributed by atoms with Crippen LogP contribution in [-0.4, -0.2) is 113 Å². The minimum atomic E-state index is -4.01. The molecule has 21 nitrogen and oxygen atoms in total. The third-order valence-corrected chi connectivity index (χ3v) is 9.53. The number of guanidine groups is 1. The summed E-state index contributed by atoms with van der Waals surface area (Å²) in [5.74, 6) is -5.85. The number of nitro groups is 2. The Morgan fingerprint density at radius 1 is 0.963 bits per heavy atom. The minimum absolute atomic E-state index is 0.0597. The lowest BCUT2D eigenvalue weighted by Crippen LogP contribution is -2.63. The number of aliphatic imine (C=N–C) groups is 1. The number of aliphatic hydroxyl groups excluding tert-OH is 1. The number of nitro benzene ring substituents is 2. The van der Waals surface area contributed by atoms with E-state index in [1.807, 2.05) is 9.62 Å². The average Bonchev–Trinajstić information content (AvgIpc) is 3.62. The van der Waals surface area contributed by atoms with Crippen LogP contribution in [0.4, 0.5) is 16.2 Å². The van der Waals surface area contributed by atoms with Gasteiger partial charge in [0.05, 0.1) is 51.3 Å². The number of rotatable bonds is 10. The molecule has 22 heteroatoms. The molecule has 0 aromatic heterocycles. The van der Waals surface area contributed by atoms with E-state index in [-0.39, 0.29) is 41.3 Å². The summed E-state index contributed by atoms with van der Waals surface area (Å²) in [6.45, 7) is 3.74. The number of likely N-dealkylation sites (tertiary alicyclic amines) is 1. The number of non-ortho nitro benzene ring substituents is 2. The number of benzene rings is 2. The Bertz CT molecular complexity index is 2080. The lowest BCUT2D eigenvalue weighted by molar-refractivity contribution is -0.385. The van der Waals surface area contributed by atoms with E-state index in [1.54, 1.807) is 6.92 Å². The molecule has 2 saturated heterocycles. The molecule has 0 radical (unpaired) electrons. The summed E-state index contributed by atoms with van der Waals surface area (Å²) >= 11 is 0. The molecule has 5 atom stereocenters. The zero-order valence-corrected chi connectivity index (χ0v) is 29.5. The number of aliphatic hydroxyl groups is 1. The highest BCUT2D eigenvalue weighted by Gasteiger charge is 2.60. The van der Waals surface area contributed by atoms with Gasteiger partial charge in [-0.1, -0.05) is 6.92 Å². The molecule has 0 bridgehead atoms. The topological polar surface area (TPSA) is 287 Å². The second-order valence-electron chi connectivity index (χ2n) is 12.7. The van der Waals surface area contributed by atoms with Crippen LogP contribution in [0.25, 0.3) is 0 Å². The van der Waals surface area contributed by atoms with Crippen molar-refractivity contribution in [2.45, 2.75) is 38.5 Å². The predicted molar refractivity (Wildman–Crippen MR) is 183 cm³/mol. The Labute approximate surface area is 305 Å². The van der Waals surface area contributed by atoms with Gasteiger partial charge in [-0.05, 0) is 43.2 Å². The third kappa shape index (κ3) is 8.56. The number of fused-ring (bicyclic) bond motifs is 1. The average molecular weight is 772 g/mol. The molecule has 54 heavy (non-hydrogen) atoms. The van der Waals surface area contributed by atoms with Crippen molar-refractivity contribution in [2.75, 3.05) is 25.9 Å². The molecule has 2 fully saturated rings. The van der Waals surface area contributed by atoms with Crippen LogP contribution < -0.4 is 10.0 Å². The molecule has 0 spiro atoms. The van der Waals surface area contributed by atoms with Crippen molar-refractivity contribution in [3.63, 3.8) is 0 Å². The maximum Gasteiger partial charge on any atom is 0.421 e. The summed E-state index contributed by atoms with van der Waals surface area (Å²) in [4.78, 5) is 92.2. The molecule has 286 valence electrons. The zero-order chi connectivity index (χ0) is 39.6. The van der Waals surface area contributed by atoms with E-state index < -0.39 is 85.8 Å². The van der Waals surface area contributed by atoms with Crippen molar-refractivity contribution < 1.29 is 56.8 Å². The van der Waals surface area contributed by atoms with E-state index >= 15 is 0 Å². The van der Waals surface area contributed by atoms with Gasteiger partial charge in [-0.25, -0.2) is 32.6 Å². The number of carbonyl (C=O) groups is 5. The maximum absolute atomic E-state index is 13.5. The molecule has 3 aliphatic rings. The zero-order valence-electron chi connectivity index (χ0n) is 28.7. The van der Waals surface area contributed by atoms with Gasteiger partial charge in [0.2, 0.25) is 21.9 Å².